The Bertz CT molecular complexity index is 1210. The van der Waals surface area contributed by atoms with Gasteiger partial charge in [-0.2, -0.15) is 0 Å². The lowest BCUT2D eigenvalue weighted by atomic mass is 10.0. The molecule has 5 heteroatoms. The quantitative estimate of drug-likeness (QED) is 0.278. The molecule has 1 aliphatic carbocycles. The summed E-state index contributed by atoms with van der Waals surface area (Å²) in [6.07, 6.45) is 7.20. The second-order valence-electron chi connectivity index (χ2n) is 9.50. The molecule has 0 radical (unpaired) electrons. The van der Waals surface area contributed by atoms with E-state index in [9.17, 15) is 9.59 Å². The minimum Gasteiger partial charge on any atom is -0.466 e. The Balaban J connectivity index is 1.57. The zero-order valence-electron chi connectivity index (χ0n) is 21.3. The molecule has 1 amide bonds. The Morgan fingerprint density at radius 3 is 2.14 bits per heavy atom. The Morgan fingerprint density at radius 1 is 0.889 bits per heavy atom. The Labute approximate surface area is 214 Å². The van der Waals surface area contributed by atoms with E-state index in [0.29, 0.717) is 6.54 Å². The number of ether oxygens (including phenoxy) is 1. The van der Waals surface area contributed by atoms with E-state index < -0.39 is 5.97 Å². The van der Waals surface area contributed by atoms with Gasteiger partial charge in [-0.15, -0.1) is 0 Å². The third-order valence-corrected chi connectivity index (χ3v) is 6.78. The molecule has 36 heavy (non-hydrogen) atoms. The maximum absolute atomic E-state index is 13.6. The summed E-state index contributed by atoms with van der Waals surface area (Å²) in [4.78, 5) is 29.1. The Hall–Kier alpha value is -3.86. The Kier molecular flexibility index (Phi) is 8.21. The second-order valence-corrected chi connectivity index (χ2v) is 9.50. The molecule has 0 heterocycles. The highest BCUT2D eigenvalue weighted by Crippen LogP contribution is 2.31. The summed E-state index contributed by atoms with van der Waals surface area (Å²) < 4.78 is 4.70. The summed E-state index contributed by atoms with van der Waals surface area (Å²) in [7, 11) is 5.43. The number of carbonyl (C=O) groups is 2. The number of hydrogen-bond donors (Lipinski definition) is 0. The van der Waals surface area contributed by atoms with E-state index in [1.165, 1.54) is 18.9 Å². The fourth-order valence-corrected chi connectivity index (χ4v) is 4.66. The van der Waals surface area contributed by atoms with Crippen LogP contribution in [-0.4, -0.2) is 33.1 Å². The van der Waals surface area contributed by atoms with Crippen LogP contribution in [0, 0.1) is 5.92 Å². The Morgan fingerprint density at radius 2 is 1.53 bits per heavy atom. The average Bonchev–Trinajstić information content (AvgIpc) is 3.46. The minimum absolute atomic E-state index is 0.0637. The standard InChI is InChI=1S/C31H34N2O3/c1-32(2)28-18-16-26(17-19-28)25-14-11-24(12-15-25)22-33(31(35)27-8-4-5-9-27)29-10-6-7-23(21-29)13-20-30(34)36-3/h6-7,10-21,27H,4-5,8-9,22H2,1-3H3/b20-13+. The number of nitrogens with zero attached hydrogens (tertiary/aromatic N) is 2. The summed E-state index contributed by atoms with van der Waals surface area (Å²) >= 11 is 0. The summed E-state index contributed by atoms with van der Waals surface area (Å²) in [6, 6.07) is 24.7. The molecule has 0 aromatic heterocycles. The van der Waals surface area contributed by atoms with Gasteiger partial charge < -0.3 is 14.5 Å². The van der Waals surface area contributed by atoms with Crippen molar-refractivity contribution in [3.05, 3.63) is 90.0 Å². The molecule has 3 aromatic carbocycles. The predicted molar refractivity (Wildman–Crippen MR) is 147 cm³/mol. The lowest BCUT2D eigenvalue weighted by molar-refractivity contribution is -0.134. The van der Waals surface area contributed by atoms with E-state index in [1.807, 2.05) is 43.3 Å². The molecule has 0 aliphatic heterocycles. The van der Waals surface area contributed by atoms with E-state index in [0.717, 1.165) is 53.6 Å². The molecular formula is C31H34N2O3. The van der Waals surface area contributed by atoms with Crippen LogP contribution in [0.25, 0.3) is 17.2 Å². The second kappa shape index (κ2) is 11.7. The average molecular weight is 483 g/mol. The topological polar surface area (TPSA) is 49.9 Å². The van der Waals surface area contributed by atoms with E-state index in [1.54, 1.807) is 6.08 Å². The monoisotopic (exact) mass is 482 g/mol. The number of anilines is 2. The number of amides is 1. The van der Waals surface area contributed by atoms with Crippen molar-refractivity contribution < 1.29 is 14.3 Å². The van der Waals surface area contributed by atoms with E-state index in [2.05, 4.69) is 53.4 Å². The summed E-state index contributed by atoms with van der Waals surface area (Å²) in [5.41, 5.74) is 6.23. The first-order valence-corrected chi connectivity index (χ1v) is 12.5. The summed E-state index contributed by atoms with van der Waals surface area (Å²) in [5.74, 6) is -0.172. The van der Waals surface area contributed by atoms with Crippen LogP contribution in [-0.2, 0) is 20.9 Å². The van der Waals surface area contributed by atoms with Crippen LogP contribution in [0.1, 0.15) is 36.8 Å². The van der Waals surface area contributed by atoms with Crippen LogP contribution in [0.2, 0.25) is 0 Å². The number of rotatable bonds is 8. The first kappa shape index (κ1) is 25.2. The highest BCUT2D eigenvalue weighted by atomic mass is 16.5. The fraction of sp³-hybridized carbons (Fsp3) is 0.290. The maximum atomic E-state index is 13.6. The van der Waals surface area contributed by atoms with Crippen LogP contribution in [0.4, 0.5) is 11.4 Å². The molecule has 5 nitrogen and oxygen atoms in total. The third-order valence-electron chi connectivity index (χ3n) is 6.78. The minimum atomic E-state index is -0.407. The van der Waals surface area contributed by atoms with Gasteiger partial charge in [0, 0.05) is 37.5 Å². The van der Waals surface area contributed by atoms with Gasteiger partial charge in [-0.25, -0.2) is 4.79 Å². The predicted octanol–water partition coefficient (Wildman–Crippen LogP) is 6.33. The molecule has 0 bridgehead atoms. The van der Waals surface area contributed by atoms with E-state index >= 15 is 0 Å². The van der Waals surface area contributed by atoms with Crippen LogP contribution in [0.15, 0.2) is 78.9 Å². The first-order valence-electron chi connectivity index (χ1n) is 12.5. The zero-order valence-corrected chi connectivity index (χ0v) is 21.3. The van der Waals surface area contributed by atoms with Crippen molar-refractivity contribution in [2.75, 3.05) is 31.0 Å². The van der Waals surface area contributed by atoms with Crippen LogP contribution < -0.4 is 9.80 Å². The molecule has 4 rings (SSSR count). The number of benzene rings is 3. The van der Waals surface area contributed by atoms with Crippen LogP contribution >= 0.6 is 0 Å². The molecule has 0 spiro atoms. The lowest BCUT2D eigenvalue weighted by Crippen LogP contribution is -2.35. The molecule has 0 saturated heterocycles. The van der Waals surface area contributed by atoms with Crippen molar-refractivity contribution >= 4 is 29.3 Å². The number of hydrogen-bond acceptors (Lipinski definition) is 4. The first-order chi connectivity index (χ1) is 17.4. The number of carbonyl (C=O) groups excluding carboxylic acids is 2. The summed E-state index contributed by atoms with van der Waals surface area (Å²) in [6.45, 7) is 0.499. The maximum Gasteiger partial charge on any atom is 0.330 e. The SMILES string of the molecule is COC(=O)/C=C/c1cccc(N(Cc2ccc(-c3ccc(N(C)C)cc3)cc2)C(=O)C2CCCC2)c1. The number of esters is 1. The van der Waals surface area contributed by atoms with Gasteiger partial charge in [0.1, 0.15) is 0 Å². The van der Waals surface area contributed by atoms with E-state index in [4.69, 9.17) is 4.74 Å². The van der Waals surface area contributed by atoms with Crippen molar-refractivity contribution in [1.29, 1.82) is 0 Å². The highest BCUT2D eigenvalue weighted by Gasteiger charge is 2.28. The third kappa shape index (κ3) is 6.22. The zero-order chi connectivity index (χ0) is 25.5. The fourth-order valence-electron chi connectivity index (χ4n) is 4.66. The van der Waals surface area contributed by atoms with Gasteiger partial charge in [-0.1, -0.05) is 61.4 Å². The molecule has 1 saturated carbocycles. The lowest BCUT2D eigenvalue weighted by Gasteiger charge is -2.26. The van der Waals surface area contributed by atoms with Gasteiger partial charge in [0.25, 0.3) is 0 Å². The van der Waals surface area contributed by atoms with Crippen molar-refractivity contribution in [3.63, 3.8) is 0 Å². The molecule has 0 N–H and O–H groups in total. The molecule has 3 aromatic rings. The van der Waals surface area contributed by atoms with Crippen LogP contribution in [0.5, 0.6) is 0 Å². The van der Waals surface area contributed by atoms with Crippen molar-refractivity contribution in [2.45, 2.75) is 32.2 Å². The smallest absolute Gasteiger partial charge is 0.330 e. The van der Waals surface area contributed by atoms with E-state index in [-0.39, 0.29) is 11.8 Å². The van der Waals surface area contributed by atoms with Gasteiger partial charge in [0.05, 0.1) is 13.7 Å². The normalized spacial score (nSPS) is 13.6. The largest absolute Gasteiger partial charge is 0.466 e. The summed E-state index contributed by atoms with van der Waals surface area (Å²) in [5, 5.41) is 0. The van der Waals surface area contributed by atoms with Gasteiger partial charge >= 0.3 is 5.97 Å². The van der Waals surface area contributed by atoms with Gasteiger partial charge in [-0.05, 0) is 65.4 Å². The highest BCUT2D eigenvalue weighted by molar-refractivity contribution is 5.95. The van der Waals surface area contributed by atoms with Crippen molar-refractivity contribution in [1.82, 2.24) is 0 Å². The van der Waals surface area contributed by atoms with Crippen molar-refractivity contribution in [2.24, 2.45) is 5.92 Å². The molecule has 186 valence electrons. The molecule has 1 aliphatic rings. The van der Waals surface area contributed by atoms with Gasteiger partial charge in [0.2, 0.25) is 5.91 Å². The molecular weight excluding hydrogens is 448 g/mol. The molecule has 0 unspecified atom stereocenters. The molecule has 1 fully saturated rings. The number of methoxy groups -OCH3 is 1. The van der Waals surface area contributed by atoms with Gasteiger partial charge in [0.15, 0.2) is 0 Å². The molecule has 0 atom stereocenters. The van der Waals surface area contributed by atoms with Crippen molar-refractivity contribution in [3.8, 4) is 11.1 Å². The van der Waals surface area contributed by atoms with Gasteiger partial charge in [-0.3, -0.25) is 4.79 Å². The van der Waals surface area contributed by atoms with Crippen LogP contribution in [0.3, 0.4) is 0 Å².